The van der Waals surface area contributed by atoms with Crippen LogP contribution in [-0.4, -0.2) is 35.4 Å². The smallest absolute Gasteiger partial charge is 0.0891 e. The number of aliphatic hydroxyl groups is 1. The quantitative estimate of drug-likeness (QED) is 0.699. The van der Waals surface area contributed by atoms with Gasteiger partial charge in [0, 0.05) is 11.9 Å². The molecular weight excluding hydrogens is 160 g/mol. The molecule has 0 aromatic heterocycles. The number of ether oxygens (including phenoxy) is 1. The van der Waals surface area contributed by atoms with Crippen LogP contribution in [0, 0.1) is 0 Å². The third-order valence-electron chi connectivity index (χ3n) is 1.89. The van der Waals surface area contributed by atoms with Crippen LogP contribution in [-0.2, 0) is 4.74 Å². The van der Waals surface area contributed by atoms with Gasteiger partial charge in [0.1, 0.15) is 0 Å². The summed E-state index contributed by atoms with van der Waals surface area (Å²) < 4.78 is 5.14. The van der Waals surface area contributed by atoms with Crippen molar-refractivity contribution in [2.75, 3.05) is 19.0 Å². The van der Waals surface area contributed by atoms with Gasteiger partial charge in [0.25, 0.3) is 0 Å². The van der Waals surface area contributed by atoms with Crippen molar-refractivity contribution < 1.29 is 9.84 Å². The van der Waals surface area contributed by atoms with Crippen molar-refractivity contribution in [2.24, 2.45) is 0 Å². The Morgan fingerprint density at radius 1 is 1.73 bits per heavy atom. The average Bonchev–Trinajstić information content (AvgIpc) is 2.52. The van der Waals surface area contributed by atoms with Crippen molar-refractivity contribution >= 4 is 11.8 Å². The maximum Gasteiger partial charge on any atom is 0.0891 e. The van der Waals surface area contributed by atoms with E-state index in [2.05, 4.69) is 0 Å². The predicted octanol–water partition coefficient (Wildman–Crippen LogP) is 1.28. The van der Waals surface area contributed by atoms with Crippen molar-refractivity contribution in [2.45, 2.75) is 31.1 Å². The van der Waals surface area contributed by atoms with Gasteiger partial charge in [0.05, 0.1) is 12.7 Å². The first kappa shape index (κ1) is 9.36. The number of aliphatic hydroxyl groups excluding tert-OH is 1. The second kappa shape index (κ2) is 5.01. The fraction of sp³-hybridized carbons (Fsp3) is 1.00. The molecule has 2 unspecified atom stereocenters. The molecule has 3 heteroatoms. The number of thioether (sulfide) groups is 1. The van der Waals surface area contributed by atoms with Crippen molar-refractivity contribution in [1.29, 1.82) is 0 Å². The van der Waals surface area contributed by atoms with Crippen molar-refractivity contribution in [3.8, 4) is 0 Å². The van der Waals surface area contributed by atoms with E-state index in [9.17, 15) is 5.11 Å². The van der Waals surface area contributed by atoms with E-state index in [1.165, 1.54) is 12.2 Å². The van der Waals surface area contributed by atoms with Crippen LogP contribution in [0.4, 0.5) is 0 Å². The first-order valence-corrected chi connectivity index (χ1v) is 5.27. The van der Waals surface area contributed by atoms with E-state index in [1.807, 2.05) is 18.7 Å². The minimum absolute atomic E-state index is 0.248. The summed E-state index contributed by atoms with van der Waals surface area (Å²) in [4.78, 5) is 0. The molecular formula is C8H16O2S. The van der Waals surface area contributed by atoms with Crippen LogP contribution in [0.25, 0.3) is 0 Å². The van der Waals surface area contributed by atoms with E-state index in [4.69, 9.17) is 4.74 Å². The lowest BCUT2D eigenvalue weighted by atomic mass is 10.2. The van der Waals surface area contributed by atoms with Gasteiger partial charge in [-0.05, 0) is 25.5 Å². The second-order valence-corrected chi connectivity index (χ2v) is 4.13. The summed E-state index contributed by atoms with van der Waals surface area (Å²) in [6.45, 7) is 3.16. The van der Waals surface area contributed by atoms with Gasteiger partial charge in [-0.3, -0.25) is 0 Å². The molecule has 1 aliphatic heterocycles. The molecule has 0 spiro atoms. The van der Waals surface area contributed by atoms with Crippen molar-refractivity contribution in [3.63, 3.8) is 0 Å². The molecule has 1 saturated heterocycles. The van der Waals surface area contributed by atoms with Gasteiger partial charge in [-0.25, -0.2) is 0 Å². The van der Waals surface area contributed by atoms with Crippen LogP contribution in [0.5, 0.6) is 0 Å². The summed E-state index contributed by atoms with van der Waals surface area (Å²) in [5, 5.41) is 9.97. The first-order chi connectivity index (χ1) is 5.34. The van der Waals surface area contributed by atoms with Crippen LogP contribution >= 0.6 is 11.8 Å². The monoisotopic (exact) mass is 176 g/mol. The molecule has 2 atom stereocenters. The lowest BCUT2D eigenvalue weighted by molar-refractivity contribution is 0.0413. The highest BCUT2D eigenvalue weighted by atomic mass is 32.2. The second-order valence-electron chi connectivity index (χ2n) is 2.78. The lowest BCUT2D eigenvalue weighted by Crippen LogP contribution is -2.26. The summed E-state index contributed by atoms with van der Waals surface area (Å²) in [6, 6.07) is 0. The molecule has 0 radical (unpaired) electrons. The van der Waals surface area contributed by atoms with E-state index in [0.29, 0.717) is 18.5 Å². The SMILES string of the molecule is CCOCC(O)C1CCCS1. The Labute approximate surface area is 72.3 Å². The fourth-order valence-electron chi connectivity index (χ4n) is 1.25. The summed E-state index contributed by atoms with van der Waals surface area (Å²) in [5.41, 5.74) is 0. The molecule has 0 saturated carbocycles. The minimum atomic E-state index is -0.248. The standard InChI is InChI=1S/C8H16O2S/c1-2-10-6-7(9)8-4-3-5-11-8/h7-9H,2-6H2,1H3. The van der Waals surface area contributed by atoms with Crippen LogP contribution in [0.3, 0.4) is 0 Å². The van der Waals surface area contributed by atoms with Gasteiger partial charge >= 0.3 is 0 Å². The Morgan fingerprint density at radius 3 is 3.09 bits per heavy atom. The topological polar surface area (TPSA) is 29.5 Å². The molecule has 1 aliphatic rings. The average molecular weight is 176 g/mol. The Bertz CT molecular complexity index is 102. The maximum atomic E-state index is 9.53. The van der Waals surface area contributed by atoms with Gasteiger partial charge in [-0.1, -0.05) is 0 Å². The fourth-order valence-corrected chi connectivity index (χ4v) is 2.52. The van der Waals surface area contributed by atoms with E-state index < -0.39 is 0 Å². The maximum absolute atomic E-state index is 9.53. The van der Waals surface area contributed by atoms with Crippen LogP contribution in [0.2, 0.25) is 0 Å². The third-order valence-corrected chi connectivity index (χ3v) is 3.39. The molecule has 1 N–H and O–H groups in total. The Morgan fingerprint density at radius 2 is 2.55 bits per heavy atom. The van der Waals surface area contributed by atoms with Gasteiger partial charge in [0.2, 0.25) is 0 Å². The molecule has 0 aliphatic carbocycles. The molecule has 1 fully saturated rings. The molecule has 66 valence electrons. The summed E-state index contributed by atoms with van der Waals surface area (Å²) >= 11 is 1.87. The summed E-state index contributed by atoms with van der Waals surface area (Å²) in [5.74, 6) is 1.20. The summed E-state index contributed by atoms with van der Waals surface area (Å²) in [7, 11) is 0. The number of hydrogen-bond acceptors (Lipinski definition) is 3. The molecule has 1 heterocycles. The highest BCUT2D eigenvalue weighted by Crippen LogP contribution is 2.28. The van der Waals surface area contributed by atoms with E-state index in [1.54, 1.807) is 0 Å². The highest BCUT2D eigenvalue weighted by Gasteiger charge is 2.23. The van der Waals surface area contributed by atoms with Gasteiger partial charge in [-0.2, -0.15) is 11.8 Å². The van der Waals surface area contributed by atoms with E-state index >= 15 is 0 Å². The summed E-state index contributed by atoms with van der Waals surface area (Å²) in [6.07, 6.45) is 2.15. The molecule has 2 nitrogen and oxygen atoms in total. The van der Waals surface area contributed by atoms with E-state index in [-0.39, 0.29) is 6.10 Å². The predicted molar refractivity (Wildman–Crippen MR) is 48.0 cm³/mol. The molecule has 0 amide bonds. The third kappa shape index (κ3) is 3.01. The van der Waals surface area contributed by atoms with Crippen LogP contribution < -0.4 is 0 Å². The molecule has 11 heavy (non-hydrogen) atoms. The van der Waals surface area contributed by atoms with Gasteiger partial charge < -0.3 is 9.84 Å². The molecule has 0 aromatic rings. The number of rotatable bonds is 4. The van der Waals surface area contributed by atoms with Gasteiger partial charge in [0.15, 0.2) is 0 Å². The molecule has 0 aromatic carbocycles. The normalized spacial score (nSPS) is 27.3. The Kier molecular flexibility index (Phi) is 4.26. The van der Waals surface area contributed by atoms with Crippen molar-refractivity contribution in [1.82, 2.24) is 0 Å². The highest BCUT2D eigenvalue weighted by molar-refractivity contribution is 8.00. The van der Waals surface area contributed by atoms with Gasteiger partial charge in [-0.15, -0.1) is 0 Å². The Hall–Kier alpha value is 0.270. The first-order valence-electron chi connectivity index (χ1n) is 4.22. The zero-order chi connectivity index (χ0) is 8.10. The largest absolute Gasteiger partial charge is 0.390 e. The Balaban J connectivity index is 2.12. The van der Waals surface area contributed by atoms with E-state index in [0.717, 1.165) is 6.42 Å². The zero-order valence-electron chi connectivity index (χ0n) is 6.95. The molecule has 1 rings (SSSR count). The van der Waals surface area contributed by atoms with Crippen molar-refractivity contribution in [3.05, 3.63) is 0 Å². The van der Waals surface area contributed by atoms with Crippen LogP contribution in [0.1, 0.15) is 19.8 Å². The minimum Gasteiger partial charge on any atom is -0.390 e. The molecule has 0 bridgehead atoms. The van der Waals surface area contributed by atoms with Crippen LogP contribution in [0.15, 0.2) is 0 Å². The lowest BCUT2D eigenvalue weighted by Gasteiger charge is -2.16. The number of hydrogen-bond donors (Lipinski definition) is 1. The zero-order valence-corrected chi connectivity index (χ0v) is 7.77.